The summed E-state index contributed by atoms with van der Waals surface area (Å²) in [6.07, 6.45) is 9.18. The van der Waals surface area contributed by atoms with Crippen LogP contribution in [-0.4, -0.2) is 40.4 Å². The van der Waals surface area contributed by atoms with Gasteiger partial charge < -0.3 is 27.0 Å². The monoisotopic (exact) mass is 441 g/mol. The average molecular weight is 442 g/mol. The Bertz CT molecular complexity index is 1020. The Morgan fingerprint density at radius 2 is 1.94 bits per heavy atom. The van der Waals surface area contributed by atoms with Crippen molar-refractivity contribution >= 4 is 34.8 Å². The predicted octanol–water partition coefficient (Wildman–Crippen LogP) is 2.66. The van der Waals surface area contributed by atoms with E-state index in [1.165, 1.54) is 6.20 Å². The van der Waals surface area contributed by atoms with Crippen molar-refractivity contribution in [2.75, 3.05) is 22.1 Å². The first-order valence-corrected chi connectivity index (χ1v) is 11.0. The maximum absolute atomic E-state index is 14.7. The lowest BCUT2D eigenvalue weighted by Crippen LogP contribution is -2.43. The van der Waals surface area contributed by atoms with Crippen LogP contribution in [0.1, 0.15) is 55.3 Å². The van der Waals surface area contributed by atoms with Crippen LogP contribution in [0.2, 0.25) is 0 Å². The molecule has 6 N–H and O–H groups in total. The first-order valence-electron chi connectivity index (χ1n) is 11.0. The SMILES string of the molecule is NC(=O)c1cc(F)c(NC2CCCCC2N)nc1Nc1cncc(N2CCCCC2=O)c1. The Morgan fingerprint density at radius 1 is 1.12 bits per heavy atom. The molecule has 3 heterocycles. The highest BCUT2D eigenvalue weighted by Crippen LogP contribution is 2.28. The zero-order valence-corrected chi connectivity index (χ0v) is 17.8. The van der Waals surface area contributed by atoms with Crippen LogP contribution in [-0.2, 0) is 4.79 Å². The van der Waals surface area contributed by atoms with Gasteiger partial charge in [0.2, 0.25) is 5.91 Å². The number of carbonyl (C=O) groups is 2. The summed E-state index contributed by atoms with van der Waals surface area (Å²) >= 11 is 0. The van der Waals surface area contributed by atoms with Crippen LogP contribution < -0.4 is 27.0 Å². The van der Waals surface area contributed by atoms with Crippen molar-refractivity contribution in [3.8, 4) is 0 Å². The van der Waals surface area contributed by atoms with Crippen LogP contribution in [0.25, 0.3) is 0 Å². The third-order valence-corrected chi connectivity index (χ3v) is 6.00. The molecule has 32 heavy (non-hydrogen) atoms. The topological polar surface area (TPSA) is 139 Å². The average Bonchev–Trinajstić information content (AvgIpc) is 2.77. The molecule has 10 heteroatoms. The molecule has 0 aromatic carbocycles. The zero-order valence-electron chi connectivity index (χ0n) is 17.8. The first kappa shape index (κ1) is 21.9. The van der Waals surface area contributed by atoms with E-state index in [-0.39, 0.29) is 35.2 Å². The van der Waals surface area contributed by atoms with Crippen LogP contribution in [0.5, 0.6) is 0 Å². The maximum Gasteiger partial charge on any atom is 0.252 e. The van der Waals surface area contributed by atoms with Crippen molar-refractivity contribution in [2.45, 2.75) is 57.0 Å². The quantitative estimate of drug-likeness (QED) is 0.540. The van der Waals surface area contributed by atoms with E-state index in [0.717, 1.165) is 44.6 Å². The third kappa shape index (κ3) is 4.80. The Kier molecular flexibility index (Phi) is 6.50. The largest absolute Gasteiger partial charge is 0.365 e. The van der Waals surface area contributed by atoms with Crippen LogP contribution >= 0.6 is 0 Å². The Labute approximate surface area is 185 Å². The molecule has 0 radical (unpaired) electrons. The highest BCUT2D eigenvalue weighted by atomic mass is 19.1. The molecular formula is C22H28FN7O2. The molecule has 1 aliphatic heterocycles. The number of pyridine rings is 2. The van der Waals surface area contributed by atoms with Gasteiger partial charge in [-0.1, -0.05) is 12.8 Å². The van der Waals surface area contributed by atoms with Crippen LogP contribution in [0.15, 0.2) is 24.5 Å². The lowest BCUT2D eigenvalue weighted by Gasteiger charge is -2.30. The Morgan fingerprint density at radius 3 is 2.69 bits per heavy atom. The summed E-state index contributed by atoms with van der Waals surface area (Å²) in [6, 6.07) is 2.61. The van der Waals surface area contributed by atoms with E-state index >= 15 is 0 Å². The molecule has 4 rings (SSSR count). The lowest BCUT2D eigenvalue weighted by molar-refractivity contribution is -0.119. The number of rotatable bonds is 6. The normalized spacial score (nSPS) is 21.3. The fourth-order valence-electron chi connectivity index (χ4n) is 4.25. The van der Waals surface area contributed by atoms with Gasteiger partial charge in [0.25, 0.3) is 5.91 Å². The number of halogens is 1. The van der Waals surface area contributed by atoms with Gasteiger partial charge in [0.1, 0.15) is 5.82 Å². The number of nitrogens with two attached hydrogens (primary N) is 2. The van der Waals surface area contributed by atoms with Crippen molar-refractivity contribution in [1.29, 1.82) is 0 Å². The number of anilines is 4. The minimum absolute atomic E-state index is 0.00942. The summed E-state index contributed by atoms with van der Waals surface area (Å²) < 4.78 is 14.7. The highest BCUT2D eigenvalue weighted by molar-refractivity contribution is 5.99. The van der Waals surface area contributed by atoms with Gasteiger partial charge in [-0.3, -0.25) is 14.6 Å². The predicted molar refractivity (Wildman–Crippen MR) is 120 cm³/mol. The molecule has 9 nitrogen and oxygen atoms in total. The van der Waals surface area contributed by atoms with Gasteiger partial charge in [0, 0.05) is 25.0 Å². The second-order valence-corrected chi connectivity index (χ2v) is 8.34. The molecule has 1 aliphatic carbocycles. The molecule has 2 aromatic rings. The molecule has 1 saturated heterocycles. The molecule has 2 fully saturated rings. The number of carbonyl (C=O) groups excluding carboxylic acids is 2. The summed E-state index contributed by atoms with van der Waals surface area (Å²) in [4.78, 5) is 34.4. The van der Waals surface area contributed by atoms with E-state index in [1.807, 2.05) is 0 Å². The molecular weight excluding hydrogens is 413 g/mol. The van der Waals surface area contributed by atoms with Crippen LogP contribution in [0, 0.1) is 5.82 Å². The van der Waals surface area contributed by atoms with Gasteiger partial charge >= 0.3 is 0 Å². The molecule has 2 unspecified atom stereocenters. The minimum Gasteiger partial charge on any atom is -0.365 e. The van der Waals surface area contributed by atoms with Crippen LogP contribution in [0.4, 0.5) is 27.4 Å². The number of primary amides is 1. The Hall–Kier alpha value is -3.27. The van der Waals surface area contributed by atoms with Crippen molar-refractivity contribution in [3.05, 3.63) is 35.9 Å². The number of hydrogen-bond acceptors (Lipinski definition) is 7. The standard InChI is InChI=1S/C22H28FN7O2/c23-16-10-15(20(25)32)21(29-22(16)28-18-6-2-1-5-17(18)24)27-13-9-14(12-26-11-13)30-8-4-3-7-19(30)31/h9-12,17-18H,1-8,24H2,(H2,25,32)(H2,27,28,29). The van der Waals surface area contributed by atoms with Gasteiger partial charge in [0.15, 0.2) is 11.6 Å². The van der Waals surface area contributed by atoms with Gasteiger partial charge in [-0.05, 0) is 37.8 Å². The second kappa shape index (κ2) is 9.47. The summed E-state index contributed by atoms with van der Waals surface area (Å²) in [5.41, 5.74) is 12.7. The fourth-order valence-corrected chi connectivity index (χ4v) is 4.25. The number of amides is 2. The van der Waals surface area contributed by atoms with Gasteiger partial charge in [0.05, 0.1) is 29.3 Å². The zero-order chi connectivity index (χ0) is 22.7. The summed E-state index contributed by atoms with van der Waals surface area (Å²) in [6.45, 7) is 0.626. The third-order valence-electron chi connectivity index (χ3n) is 6.00. The molecule has 170 valence electrons. The second-order valence-electron chi connectivity index (χ2n) is 8.34. The molecule has 2 aromatic heterocycles. The Balaban J connectivity index is 1.61. The van der Waals surface area contributed by atoms with Crippen molar-refractivity contribution in [2.24, 2.45) is 11.5 Å². The molecule has 0 spiro atoms. The maximum atomic E-state index is 14.7. The van der Waals surface area contributed by atoms with Crippen molar-refractivity contribution in [3.63, 3.8) is 0 Å². The van der Waals surface area contributed by atoms with Crippen LogP contribution in [0.3, 0.4) is 0 Å². The number of nitrogens with one attached hydrogen (secondary N) is 2. The van der Waals surface area contributed by atoms with E-state index < -0.39 is 11.7 Å². The van der Waals surface area contributed by atoms with E-state index in [9.17, 15) is 14.0 Å². The summed E-state index contributed by atoms with van der Waals surface area (Å²) in [5.74, 6) is -1.32. The highest BCUT2D eigenvalue weighted by Gasteiger charge is 2.25. The summed E-state index contributed by atoms with van der Waals surface area (Å²) in [5, 5.41) is 6.10. The van der Waals surface area contributed by atoms with Gasteiger partial charge in [-0.2, -0.15) is 0 Å². The van der Waals surface area contributed by atoms with E-state index in [2.05, 4.69) is 20.6 Å². The minimum atomic E-state index is -0.810. The van der Waals surface area contributed by atoms with E-state index in [0.29, 0.717) is 24.3 Å². The smallest absolute Gasteiger partial charge is 0.252 e. The number of hydrogen-bond donors (Lipinski definition) is 4. The number of aromatic nitrogens is 2. The molecule has 2 atom stereocenters. The lowest BCUT2D eigenvalue weighted by atomic mass is 9.91. The van der Waals surface area contributed by atoms with Gasteiger partial charge in [-0.15, -0.1) is 0 Å². The fraction of sp³-hybridized carbons (Fsp3) is 0.455. The van der Waals surface area contributed by atoms with E-state index in [4.69, 9.17) is 11.5 Å². The molecule has 2 amide bonds. The van der Waals surface area contributed by atoms with E-state index in [1.54, 1.807) is 17.2 Å². The molecule has 1 saturated carbocycles. The summed E-state index contributed by atoms with van der Waals surface area (Å²) in [7, 11) is 0. The van der Waals surface area contributed by atoms with Crippen molar-refractivity contribution < 1.29 is 14.0 Å². The molecule has 2 aliphatic rings. The number of nitrogens with zero attached hydrogens (tertiary/aromatic N) is 3. The first-order chi connectivity index (χ1) is 15.4. The van der Waals surface area contributed by atoms with Crippen molar-refractivity contribution in [1.82, 2.24) is 9.97 Å². The number of piperidine rings is 1. The molecule has 0 bridgehead atoms. The van der Waals surface area contributed by atoms with Gasteiger partial charge in [-0.25, -0.2) is 9.37 Å².